The molecular formula is C27H29N3O2. The van der Waals surface area contributed by atoms with Gasteiger partial charge >= 0.3 is 6.09 Å². The summed E-state index contributed by atoms with van der Waals surface area (Å²) >= 11 is 0. The van der Waals surface area contributed by atoms with Crippen LogP contribution in [0.25, 0.3) is 0 Å². The Balaban J connectivity index is 1.53. The van der Waals surface area contributed by atoms with Crippen LogP contribution in [0.3, 0.4) is 0 Å². The Kier molecular flexibility index (Phi) is 5.35. The average molecular weight is 428 g/mol. The van der Waals surface area contributed by atoms with Crippen molar-refractivity contribution in [3.05, 3.63) is 95.6 Å². The summed E-state index contributed by atoms with van der Waals surface area (Å²) < 4.78 is 5.48. The highest BCUT2D eigenvalue weighted by Crippen LogP contribution is 2.53. The second-order valence-electron chi connectivity index (χ2n) is 8.93. The van der Waals surface area contributed by atoms with Crippen molar-refractivity contribution in [2.45, 2.75) is 38.0 Å². The summed E-state index contributed by atoms with van der Waals surface area (Å²) in [5, 5.41) is 2.53. The van der Waals surface area contributed by atoms with E-state index in [1.807, 2.05) is 6.07 Å². The maximum absolute atomic E-state index is 11.8. The number of rotatable bonds is 5. The van der Waals surface area contributed by atoms with E-state index in [1.54, 1.807) is 7.05 Å². The lowest BCUT2D eigenvalue weighted by Crippen LogP contribution is -2.48. The first kappa shape index (κ1) is 20.6. The van der Waals surface area contributed by atoms with Crippen molar-refractivity contribution in [3.8, 4) is 5.75 Å². The SMILES string of the molecule is CNC(=O)Oc1ccc2c(c1)[C@]1(C)CCN(Cc3ccccc3)C1N2Cc1ccccc1. The van der Waals surface area contributed by atoms with Crippen molar-refractivity contribution in [1.82, 2.24) is 10.2 Å². The lowest BCUT2D eigenvalue weighted by molar-refractivity contribution is 0.202. The maximum atomic E-state index is 11.8. The fourth-order valence-corrected chi connectivity index (χ4v) is 5.36. The highest BCUT2D eigenvalue weighted by atomic mass is 16.5. The lowest BCUT2D eigenvalue weighted by Gasteiger charge is -2.37. The summed E-state index contributed by atoms with van der Waals surface area (Å²) in [5.74, 6) is 0.589. The van der Waals surface area contributed by atoms with Crippen LogP contribution in [0.2, 0.25) is 0 Å². The molecule has 0 bridgehead atoms. The van der Waals surface area contributed by atoms with Gasteiger partial charge in [0.25, 0.3) is 0 Å². The molecule has 1 unspecified atom stereocenters. The van der Waals surface area contributed by atoms with Crippen molar-refractivity contribution in [3.63, 3.8) is 0 Å². The zero-order chi connectivity index (χ0) is 22.1. The van der Waals surface area contributed by atoms with Gasteiger partial charge in [0, 0.05) is 37.8 Å². The lowest BCUT2D eigenvalue weighted by atomic mass is 9.81. The van der Waals surface area contributed by atoms with Crippen LogP contribution in [0.1, 0.15) is 30.0 Å². The third kappa shape index (κ3) is 3.63. The van der Waals surface area contributed by atoms with E-state index < -0.39 is 6.09 Å². The minimum atomic E-state index is -0.442. The molecule has 2 aliphatic rings. The van der Waals surface area contributed by atoms with Gasteiger partial charge in [-0.3, -0.25) is 4.90 Å². The molecule has 0 aromatic heterocycles. The van der Waals surface area contributed by atoms with Crippen molar-refractivity contribution < 1.29 is 9.53 Å². The zero-order valence-corrected chi connectivity index (χ0v) is 18.6. The number of hydrogen-bond acceptors (Lipinski definition) is 4. The third-order valence-electron chi connectivity index (χ3n) is 6.86. The Morgan fingerprint density at radius 2 is 1.66 bits per heavy atom. The van der Waals surface area contributed by atoms with E-state index in [0.717, 1.165) is 26.1 Å². The van der Waals surface area contributed by atoms with E-state index >= 15 is 0 Å². The molecule has 1 fully saturated rings. The van der Waals surface area contributed by atoms with Gasteiger partial charge in [-0.15, -0.1) is 0 Å². The van der Waals surface area contributed by atoms with Gasteiger partial charge in [-0.25, -0.2) is 4.79 Å². The van der Waals surface area contributed by atoms with Gasteiger partial charge in [0.2, 0.25) is 0 Å². The summed E-state index contributed by atoms with van der Waals surface area (Å²) in [6.45, 7) is 5.15. The number of hydrogen-bond donors (Lipinski definition) is 1. The minimum absolute atomic E-state index is 0.0407. The van der Waals surface area contributed by atoms with Gasteiger partial charge in [-0.05, 0) is 41.3 Å². The van der Waals surface area contributed by atoms with Crippen molar-refractivity contribution in [2.75, 3.05) is 18.5 Å². The van der Waals surface area contributed by atoms with E-state index in [0.29, 0.717) is 5.75 Å². The smallest absolute Gasteiger partial charge is 0.410 e. The van der Waals surface area contributed by atoms with Crippen LogP contribution in [0.4, 0.5) is 10.5 Å². The van der Waals surface area contributed by atoms with Crippen LogP contribution in [0.5, 0.6) is 5.75 Å². The Bertz CT molecular complexity index is 1100. The van der Waals surface area contributed by atoms with E-state index in [1.165, 1.54) is 22.4 Å². The number of benzene rings is 3. The molecule has 32 heavy (non-hydrogen) atoms. The molecule has 5 heteroatoms. The first-order chi connectivity index (χ1) is 15.6. The highest BCUT2D eigenvalue weighted by molar-refractivity contribution is 5.72. The molecule has 0 spiro atoms. The standard InChI is InChI=1S/C27H29N3O2/c1-27-15-16-29(18-20-9-5-3-6-10-20)25(27)30(19-21-11-7-4-8-12-21)24-14-13-22(17-23(24)27)32-26(31)28-2/h3-14,17,25H,15-16,18-19H2,1-2H3,(H,28,31)/t25?,27-/m0/s1. The Labute approximate surface area is 189 Å². The first-order valence-electron chi connectivity index (χ1n) is 11.2. The fourth-order valence-electron chi connectivity index (χ4n) is 5.36. The molecule has 3 aromatic rings. The summed E-state index contributed by atoms with van der Waals surface area (Å²) in [5.41, 5.74) is 5.07. The number of amides is 1. The number of carbonyl (C=O) groups excluding carboxylic acids is 1. The number of carbonyl (C=O) groups is 1. The summed E-state index contributed by atoms with van der Waals surface area (Å²) in [7, 11) is 1.58. The summed E-state index contributed by atoms with van der Waals surface area (Å²) in [4.78, 5) is 16.9. The first-order valence-corrected chi connectivity index (χ1v) is 11.2. The van der Waals surface area contributed by atoms with E-state index in [-0.39, 0.29) is 11.6 Å². The molecule has 0 radical (unpaired) electrons. The quantitative estimate of drug-likeness (QED) is 0.628. The molecule has 2 aliphatic heterocycles. The van der Waals surface area contributed by atoms with Crippen LogP contribution >= 0.6 is 0 Å². The molecule has 0 aliphatic carbocycles. The number of likely N-dealkylation sites (tertiary alicyclic amines) is 1. The number of ether oxygens (including phenoxy) is 1. The molecule has 164 valence electrons. The van der Waals surface area contributed by atoms with Crippen LogP contribution < -0.4 is 15.0 Å². The topological polar surface area (TPSA) is 44.8 Å². The number of nitrogens with one attached hydrogen (secondary N) is 1. The number of nitrogens with zero attached hydrogens (tertiary/aromatic N) is 2. The van der Waals surface area contributed by atoms with Crippen LogP contribution in [0, 0.1) is 0 Å². The molecule has 2 heterocycles. The molecule has 3 aromatic carbocycles. The number of fused-ring (bicyclic) bond motifs is 3. The molecule has 5 rings (SSSR count). The third-order valence-corrected chi connectivity index (χ3v) is 6.86. The van der Waals surface area contributed by atoms with Crippen LogP contribution in [-0.2, 0) is 18.5 Å². The molecule has 2 atom stereocenters. The predicted molar refractivity (Wildman–Crippen MR) is 127 cm³/mol. The van der Waals surface area contributed by atoms with Crippen LogP contribution in [-0.4, -0.2) is 30.8 Å². The second kappa shape index (κ2) is 8.32. The van der Waals surface area contributed by atoms with Gasteiger partial charge in [-0.1, -0.05) is 67.6 Å². The minimum Gasteiger partial charge on any atom is -0.410 e. The molecule has 1 saturated heterocycles. The van der Waals surface area contributed by atoms with Crippen molar-refractivity contribution >= 4 is 11.8 Å². The fraction of sp³-hybridized carbons (Fsp3) is 0.296. The molecule has 0 saturated carbocycles. The molecular weight excluding hydrogens is 398 g/mol. The maximum Gasteiger partial charge on any atom is 0.412 e. The van der Waals surface area contributed by atoms with Crippen molar-refractivity contribution in [2.24, 2.45) is 0 Å². The average Bonchev–Trinajstić information content (AvgIpc) is 3.26. The Morgan fingerprint density at radius 1 is 1.00 bits per heavy atom. The van der Waals surface area contributed by atoms with Gasteiger partial charge < -0.3 is 15.0 Å². The molecule has 1 amide bonds. The Morgan fingerprint density at radius 3 is 2.31 bits per heavy atom. The molecule has 5 nitrogen and oxygen atoms in total. The normalized spacial score (nSPS) is 21.8. The highest BCUT2D eigenvalue weighted by Gasteiger charge is 2.54. The van der Waals surface area contributed by atoms with E-state index in [4.69, 9.17) is 4.74 Å². The van der Waals surface area contributed by atoms with Gasteiger partial charge in [-0.2, -0.15) is 0 Å². The monoisotopic (exact) mass is 427 g/mol. The largest absolute Gasteiger partial charge is 0.412 e. The zero-order valence-electron chi connectivity index (χ0n) is 18.6. The molecule has 1 N–H and O–H groups in total. The van der Waals surface area contributed by atoms with Crippen molar-refractivity contribution in [1.29, 1.82) is 0 Å². The van der Waals surface area contributed by atoms with E-state index in [2.05, 4.69) is 94.8 Å². The summed E-state index contributed by atoms with van der Waals surface area (Å²) in [6.07, 6.45) is 0.864. The van der Waals surface area contributed by atoms with Gasteiger partial charge in [0.15, 0.2) is 0 Å². The Hall–Kier alpha value is -3.31. The van der Waals surface area contributed by atoms with Gasteiger partial charge in [0.05, 0.1) is 6.17 Å². The predicted octanol–water partition coefficient (Wildman–Crippen LogP) is 4.91. The second-order valence-corrected chi connectivity index (χ2v) is 8.93. The van der Waals surface area contributed by atoms with Gasteiger partial charge in [0.1, 0.15) is 5.75 Å². The van der Waals surface area contributed by atoms with E-state index in [9.17, 15) is 4.79 Å². The van der Waals surface area contributed by atoms with Crippen LogP contribution in [0.15, 0.2) is 78.9 Å². The summed E-state index contributed by atoms with van der Waals surface area (Å²) in [6, 6.07) is 27.4. The number of anilines is 1.